The Morgan fingerprint density at radius 3 is 2.81 bits per heavy atom. The molecule has 2 aromatic rings. The number of ether oxygens (including phenoxy) is 1. The molecule has 1 N–H and O–H groups in total. The van der Waals surface area contributed by atoms with Gasteiger partial charge in [-0.2, -0.15) is 0 Å². The minimum atomic E-state index is -0.312. The summed E-state index contributed by atoms with van der Waals surface area (Å²) in [7, 11) is 3.49. The minimum Gasteiger partial charge on any atom is -0.494 e. The first-order valence-electron chi connectivity index (χ1n) is 7.36. The van der Waals surface area contributed by atoms with Gasteiger partial charge in [-0.3, -0.25) is 0 Å². The van der Waals surface area contributed by atoms with Crippen molar-refractivity contribution in [2.45, 2.75) is 25.4 Å². The van der Waals surface area contributed by atoms with E-state index >= 15 is 0 Å². The lowest BCUT2D eigenvalue weighted by molar-refractivity contribution is 0.386. The van der Waals surface area contributed by atoms with Gasteiger partial charge in [-0.25, -0.2) is 4.39 Å². The molecule has 1 fully saturated rings. The number of halogens is 1. The van der Waals surface area contributed by atoms with E-state index in [-0.39, 0.29) is 11.6 Å². The summed E-state index contributed by atoms with van der Waals surface area (Å²) in [5, 5.41) is 3.39. The van der Waals surface area contributed by atoms with Crippen molar-refractivity contribution in [3.05, 3.63) is 53.6 Å². The number of rotatable bonds is 6. The fourth-order valence-corrected chi connectivity index (χ4v) is 2.86. The van der Waals surface area contributed by atoms with Crippen LogP contribution in [0.1, 0.15) is 30.0 Å². The molecule has 1 aromatic carbocycles. The van der Waals surface area contributed by atoms with Crippen molar-refractivity contribution in [3.63, 3.8) is 0 Å². The van der Waals surface area contributed by atoms with E-state index in [2.05, 4.69) is 28.3 Å². The van der Waals surface area contributed by atoms with E-state index in [1.165, 1.54) is 31.6 Å². The van der Waals surface area contributed by atoms with Crippen molar-refractivity contribution < 1.29 is 9.13 Å². The second-order valence-electron chi connectivity index (χ2n) is 5.69. The maximum atomic E-state index is 13.7. The van der Waals surface area contributed by atoms with Gasteiger partial charge in [0.25, 0.3) is 0 Å². The first-order valence-corrected chi connectivity index (χ1v) is 7.36. The smallest absolute Gasteiger partial charge is 0.165 e. The van der Waals surface area contributed by atoms with E-state index in [1.54, 1.807) is 6.07 Å². The second-order valence-corrected chi connectivity index (χ2v) is 5.69. The van der Waals surface area contributed by atoms with Crippen LogP contribution in [0.15, 0.2) is 36.7 Å². The van der Waals surface area contributed by atoms with Crippen molar-refractivity contribution in [3.8, 4) is 5.75 Å². The van der Waals surface area contributed by atoms with Gasteiger partial charge in [0.2, 0.25) is 0 Å². The first-order chi connectivity index (χ1) is 10.2. The Hall–Kier alpha value is -1.81. The van der Waals surface area contributed by atoms with Crippen molar-refractivity contribution in [1.29, 1.82) is 0 Å². The van der Waals surface area contributed by atoms with Crippen LogP contribution >= 0.6 is 0 Å². The summed E-state index contributed by atoms with van der Waals surface area (Å²) in [6.45, 7) is 0.669. The molecule has 3 nitrogen and oxygen atoms in total. The van der Waals surface area contributed by atoms with Gasteiger partial charge in [-0.1, -0.05) is 6.07 Å². The van der Waals surface area contributed by atoms with E-state index < -0.39 is 0 Å². The average Bonchev–Trinajstić information content (AvgIpc) is 3.20. The molecular formula is C17H21FN2O. The van der Waals surface area contributed by atoms with Crippen LogP contribution in [0.4, 0.5) is 4.39 Å². The highest BCUT2D eigenvalue weighted by molar-refractivity contribution is 5.30. The minimum absolute atomic E-state index is 0.288. The van der Waals surface area contributed by atoms with Crippen LogP contribution in [0.5, 0.6) is 5.75 Å². The van der Waals surface area contributed by atoms with Crippen LogP contribution in [-0.4, -0.2) is 18.7 Å². The lowest BCUT2D eigenvalue weighted by atomic mass is 10.1. The third-order valence-electron chi connectivity index (χ3n) is 4.12. The van der Waals surface area contributed by atoms with Crippen LogP contribution in [-0.2, 0) is 6.54 Å². The molecule has 1 unspecified atom stereocenters. The summed E-state index contributed by atoms with van der Waals surface area (Å²) in [6, 6.07) is 7.71. The molecule has 0 spiro atoms. The topological polar surface area (TPSA) is 26.2 Å². The Labute approximate surface area is 124 Å². The number of hydrogen-bond donors (Lipinski definition) is 1. The maximum absolute atomic E-state index is 13.7. The normalized spacial score (nSPS) is 16.0. The number of benzene rings is 1. The standard InChI is InChI=1S/C17H21FN2O/c1-19-17(13-4-5-13)14-7-8-20(11-14)10-12-3-6-16(21-2)15(18)9-12/h3,6-9,11,13,17,19H,4-5,10H2,1-2H3. The number of aromatic nitrogens is 1. The van der Waals surface area contributed by atoms with Gasteiger partial charge in [0.15, 0.2) is 11.6 Å². The second kappa shape index (κ2) is 5.90. The SMILES string of the molecule is CNC(c1ccn(Cc2ccc(OC)c(F)c2)c1)C1CC1. The van der Waals surface area contributed by atoms with Crippen LogP contribution in [0.3, 0.4) is 0 Å². The lowest BCUT2D eigenvalue weighted by Crippen LogP contribution is -2.17. The predicted molar refractivity (Wildman–Crippen MR) is 81.0 cm³/mol. The maximum Gasteiger partial charge on any atom is 0.165 e. The Balaban J connectivity index is 1.73. The summed E-state index contributed by atoms with van der Waals surface area (Å²) < 4.78 is 20.8. The molecule has 112 valence electrons. The van der Waals surface area contributed by atoms with Crippen molar-refractivity contribution in [1.82, 2.24) is 9.88 Å². The molecule has 3 rings (SSSR count). The summed E-state index contributed by atoms with van der Waals surface area (Å²) in [4.78, 5) is 0. The third-order valence-corrected chi connectivity index (χ3v) is 4.12. The molecule has 0 bridgehead atoms. The number of nitrogens with one attached hydrogen (secondary N) is 1. The van der Waals surface area contributed by atoms with Gasteiger partial charge >= 0.3 is 0 Å². The zero-order chi connectivity index (χ0) is 14.8. The largest absolute Gasteiger partial charge is 0.494 e. The molecule has 1 aliphatic carbocycles. The Morgan fingerprint density at radius 2 is 2.19 bits per heavy atom. The Morgan fingerprint density at radius 1 is 1.38 bits per heavy atom. The first kappa shape index (κ1) is 14.1. The predicted octanol–water partition coefficient (Wildman–Crippen LogP) is 3.35. The molecule has 1 saturated carbocycles. The highest BCUT2D eigenvalue weighted by Crippen LogP contribution is 2.40. The summed E-state index contributed by atoms with van der Waals surface area (Å²) in [6.07, 6.45) is 6.83. The monoisotopic (exact) mass is 288 g/mol. The van der Waals surface area contributed by atoms with Gasteiger partial charge in [0.1, 0.15) is 0 Å². The molecule has 0 saturated heterocycles. The summed E-state index contributed by atoms with van der Waals surface area (Å²) in [5.74, 6) is 0.744. The number of nitrogens with zero attached hydrogens (tertiary/aromatic N) is 1. The van der Waals surface area contributed by atoms with Crippen LogP contribution in [0.25, 0.3) is 0 Å². The highest BCUT2D eigenvalue weighted by atomic mass is 19.1. The van der Waals surface area contributed by atoms with Crippen LogP contribution < -0.4 is 10.1 Å². The molecule has 1 heterocycles. The molecule has 1 aromatic heterocycles. The fourth-order valence-electron chi connectivity index (χ4n) is 2.86. The number of methoxy groups -OCH3 is 1. The highest BCUT2D eigenvalue weighted by Gasteiger charge is 2.31. The molecule has 0 amide bonds. The summed E-state index contributed by atoms with van der Waals surface area (Å²) in [5.41, 5.74) is 2.25. The van der Waals surface area contributed by atoms with Gasteiger partial charge in [-0.15, -0.1) is 0 Å². The van der Waals surface area contributed by atoms with Crippen LogP contribution in [0.2, 0.25) is 0 Å². The van der Waals surface area contributed by atoms with Crippen LogP contribution in [0, 0.1) is 11.7 Å². The van der Waals surface area contributed by atoms with E-state index in [0.29, 0.717) is 12.6 Å². The quantitative estimate of drug-likeness (QED) is 0.882. The zero-order valence-electron chi connectivity index (χ0n) is 12.5. The van der Waals surface area contributed by atoms with E-state index in [4.69, 9.17) is 4.74 Å². The van der Waals surface area contributed by atoms with Gasteiger partial charge in [0, 0.05) is 25.0 Å². The molecule has 1 atom stereocenters. The molecular weight excluding hydrogens is 267 g/mol. The Bertz CT molecular complexity index is 619. The van der Waals surface area contributed by atoms with E-state index in [9.17, 15) is 4.39 Å². The molecule has 21 heavy (non-hydrogen) atoms. The van der Waals surface area contributed by atoms with Gasteiger partial charge in [0.05, 0.1) is 7.11 Å². The lowest BCUT2D eigenvalue weighted by Gasteiger charge is -2.13. The third kappa shape index (κ3) is 3.10. The van der Waals surface area contributed by atoms with Crippen molar-refractivity contribution >= 4 is 0 Å². The molecule has 0 aliphatic heterocycles. The van der Waals surface area contributed by atoms with Crippen molar-refractivity contribution in [2.24, 2.45) is 5.92 Å². The van der Waals surface area contributed by atoms with Gasteiger partial charge < -0.3 is 14.6 Å². The Kier molecular flexibility index (Phi) is 3.97. The average molecular weight is 288 g/mol. The van der Waals surface area contributed by atoms with Crippen molar-refractivity contribution in [2.75, 3.05) is 14.2 Å². The van der Waals surface area contributed by atoms with E-state index in [0.717, 1.165) is 11.5 Å². The fraction of sp³-hybridized carbons (Fsp3) is 0.412. The number of hydrogen-bond acceptors (Lipinski definition) is 2. The van der Waals surface area contributed by atoms with E-state index in [1.807, 2.05) is 13.1 Å². The molecule has 4 heteroatoms. The van der Waals surface area contributed by atoms with Gasteiger partial charge in [-0.05, 0) is 55.1 Å². The molecule has 1 aliphatic rings. The zero-order valence-corrected chi connectivity index (χ0v) is 12.5. The summed E-state index contributed by atoms with van der Waals surface area (Å²) >= 11 is 0. The molecule has 0 radical (unpaired) electrons.